The van der Waals surface area contributed by atoms with Crippen molar-refractivity contribution < 1.29 is 9.53 Å². The molecule has 0 aliphatic carbocycles. The molecule has 0 bridgehead atoms. The first kappa shape index (κ1) is 13.5. The molecule has 0 radical (unpaired) electrons. The quantitative estimate of drug-likeness (QED) is 0.872. The molecule has 1 heterocycles. The number of aromatic nitrogens is 1. The maximum absolute atomic E-state index is 12.3. The lowest BCUT2D eigenvalue weighted by molar-refractivity contribution is 0.0992. The summed E-state index contributed by atoms with van der Waals surface area (Å²) in [4.78, 5) is 17.9. The molecule has 0 fully saturated rings. The van der Waals surface area contributed by atoms with Crippen LogP contribution in [0.1, 0.15) is 10.4 Å². The van der Waals surface area contributed by atoms with E-state index in [0.717, 1.165) is 10.2 Å². The highest BCUT2D eigenvalue weighted by Crippen LogP contribution is 2.21. The van der Waals surface area contributed by atoms with Crippen molar-refractivity contribution >= 4 is 27.5 Å². The number of amides is 1. The van der Waals surface area contributed by atoms with Crippen LogP contribution in [0.5, 0.6) is 5.75 Å². The maximum Gasteiger partial charge on any atom is 0.259 e. The Morgan fingerprint density at radius 2 is 2.11 bits per heavy atom. The van der Waals surface area contributed by atoms with Crippen molar-refractivity contribution in [3.8, 4) is 5.75 Å². The second kappa shape index (κ2) is 5.84. The Morgan fingerprint density at radius 1 is 1.32 bits per heavy atom. The standard InChI is InChI=1S/C14H13BrN2O2/c1-17(12-4-3-5-13(7-12)19-2)14(18)10-6-11(15)9-16-8-10/h3-9H,1-2H3. The highest BCUT2D eigenvalue weighted by atomic mass is 79.9. The highest BCUT2D eigenvalue weighted by molar-refractivity contribution is 9.10. The number of ether oxygens (including phenoxy) is 1. The number of hydrogen-bond donors (Lipinski definition) is 0. The van der Waals surface area contributed by atoms with E-state index in [4.69, 9.17) is 4.74 Å². The smallest absolute Gasteiger partial charge is 0.259 e. The Balaban J connectivity index is 2.28. The second-order valence-electron chi connectivity index (χ2n) is 3.96. The van der Waals surface area contributed by atoms with Crippen LogP contribution in [0.25, 0.3) is 0 Å². The molecular weight excluding hydrogens is 308 g/mol. The summed E-state index contributed by atoms with van der Waals surface area (Å²) in [7, 11) is 3.32. The van der Waals surface area contributed by atoms with Gasteiger partial charge in [-0.05, 0) is 34.1 Å². The molecular formula is C14H13BrN2O2. The average molecular weight is 321 g/mol. The summed E-state index contributed by atoms with van der Waals surface area (Å²) < 4.78 is 5.93. The Labute approximate surface area is 120 Å². The molecule has 0 atom stereocenters. The minimum absolute atomic E-state index is 0.123. The monoisotopic (exact) mass is 320 g/mol. The van der Waals surface area contributed by atoms with Crippen LogP contribution in [0.4, 0.5) is 5.69 Å². The lowest BCUT2D eigenvalue weighted by Gasteiger charge is -2.18. The Hall–Kier alpha value is -1.88. The predicted molar refractivity (Wildman–Crippen MR) is 77.7 cm³/mol. The molecule has 0 spiro atoms. The average Bonchev–Trinajstić information content (AvgIpc) is 2.45. The molecule has 0 aliphatic rings. The third-order valence-corrected chi connectivity index (χ3v) is 3.13. The molecule has 19 heavy (non-hydrogen) atoms. The number of carbonyl (C=O) groups excluding carboxylic acids is 1. The third-order valence-electron chi connectivity index (χ3n) is 2.70. The van der Waals surface area contributed by atoms with Crippen LogP contribution in [-0.4, -0.2) is 25.0 Å². The zero-order valence-electron chi connectivity index (χ0n) is 10.6. The fourth-order valence-corrected chi connectivity index (χ4v) is 2.02. The lowest BCUT2D eigenvalue weighted by Crippen LogP contribution is -2.26. The van der Waals surface area contributed by atoms with Gasteiger partial charge in [-0.1, -0.05) is 6.07 Å². The van der Waals surface area contributed by atoms with E-state index in [1.165, 1.54) is 0 Å². The number of anilines is 1. The van der Waals surface area contributed by atoms with Crippen LogP contribution < -0.4 is 9.64 Å². The summed E-state index contributed by atoms with van der Waals surface area (Å²) in [5.41, 5.74) is 1.30. The molecule has 0 N–H and O–H groups in total. The van der Waals surface area contributed by atoms with Gasteiger partial charge in [-0.25, -0.2) is 0 Å². The van der Waals surface area contributed by atoms with Crippen LogP contribution in [0.15, 0.2) is 47.2 Å². The van der Waals surface area contributed by atoms with Crippen LogP contribution >= 0.6 is 15.9 Å². The number of benzene rings is 1. The van der Waals surface area contributed by atoms with Crippen molar-refractivity contribution in [3.63, 3.8) is 0 Å². The Morgan fingerprint density at radius 3 is 2.79 bits per heavy atom. The van der Waals surface area contributed by atoms with Gasteiger partial charge in [-0.3, -0.25) is 9.78 Å². The normalized spacial score (nSPS) is 10.1. The van der Waals surface area contributed by atoms with Gasteiger partial charge in [0.25, 0.3) is 5.91 Å². The van der Waals surface area contributed by atoms with E-state index in [9.17, 15) is 4.79 Å². The summed E-state index contributed by atoms with van der Waals surface area (Å²) in [6.45, 7) is 0. The van der Waals surface area contributed by atoms with E-state index in [2.05, 4.69) is 20.9 Å². The van der Waals surface area contributed by atoms with Crippen LogP contribution in [-0.2, 0) is 0 Å². The SMILES string of the molecule is COc1cccc(N(C)C(=O)c2cncc(Br)c2)c1. The molecule has 0 saturated heterocycles. The van der Waals surface area contributed by atoms with Crippen molar-refractivity contribution in [1.82, 2.24) is 4.98 Å². The van der Waals surface area contributed by atoms with Gasteiger partial charge in [0.2, 0.25) is 0 Å². The van der Waals surface area contributed by atoms with Crippen LogP contribution in [0, 0.1) is 0 Å². The number of hydrogen-bond acceptors (Lipinski definition) is 3. The fraction of sp³-hybridized carbons (Fsp3) is 0.143. The van der Waals surface area contributed by atoms with Gasteiger partial charge >= 0.3 is 0 Å². The van der Waals surface area contributed by atoms with Crippen molar-refractivity contribution in [3.05, 3.63) is 52.8 Å². The van der Waals surface area contributed by atoms with Crippen molar-refractivity contribution in [2.45, 2.75) is 0 Å². The summed E-state index contributed by atoms with van der Waals surface area (Å²) in [5.74, 6) is 0.589. The minimum atomic E-state index is -0.123. The molecule has 0 saturated carbocycles. The first-order chi connectivity index (χ1) is 9.11. The molecule has 2 rings (SSSR count). The first-order valence-electron chi connectivity index (χ1n) is 5.64. The highest BCUT2D eigenvalue weighted by Gasteiger charge is 2.14. The van der Waals surface area contributed by atoms with Crippen molar-refractivity contribution in [2.24, 2.45) is 0 Å². The maximum atomic E-state index is 12.3. The summed E-state index contributed by atoms with van der Waals surface area (Å²) in [5, 5.41) is 0. The van der Waals surface area contributed by atoms with Gasteiger partial charge in [0.15, 0.2) is 0 Å². The second-order valence-corrected chi connectivity index (χ2v) is 4.87. The number of pyridine rings is 1. The van der Waals surface area contributed by atoms with Crippen LogP contribution in [0.2, 0.25) is 0 Å². The van der Waals surface area contributed by atoms with Gasteiger partial charge in [-0.15, -0.1) is 0 Å². The van der Waals surface area contributed by atoms with Crippen molar-refractivity contribution in [2.75, 3.05) is 19.1 Å². The van der Waals surface area contributed by atoms with E-state index in [1.54, 1.807) is 37.5 Å². The number of rotatable bonds is 3. The zero-order chi connectivity index (χ0) is 13.8. The zero-order valence-corrected chi connectivity index (χ0v) is 12.2. The topological polar surface area (TPSA) is 42.4 Å². The van der Waals surface area contributed by atoms with Crippen LogP contribution in [0.3, 0.4) is 0 Å². The van der Waals surface area contributed by atoms with Gasteiger partial charge in [-0.2, -0.15) is 0 Å². The van der Waals surface area contributed by atoms with E-state index >= 15 is 0 Å². The molecule has 1 aromatic carbocycles. The fourth-order valence-electron chi connectivity index (χ4n) is 1.66. The van der Waals surface area contributed by atoms with Gasteiger partial charge in [0.1, 0.15) is 5.75 Å². The molecule has 0 unspecified atom stereocenters. The summed E-state index contributed by atoms with van der Waals surface area (Å²) >= 11 is 3.31. The van der Waals surface area contributed by atoms with Gasteiger partial charge < -0.3 is 9.64 Å². The molecule has 0 aliphatic heterocycles. The third kappa shape index (κ3) is 3.12. The lowest BCUT2D eigenvalue weighted by atomic mass is 10.2. The summed E-state index contributed by atoms with van der Waals surface area (Å²) in [6.07, 6.45) is 3.19. The largest absolute Gasteiger partial charge is 0.497 e. The van der Waals surface area contributed by atoms with E-state index in [0.29, 0.717) is 11.3 Å². The molecule has 5 heteroatoms. The van der Waals surface area contributed by atoms with E-state index < -0.39 is 0 Å². The first-order valence-corrected chi connectivity index (χ1v) is 6.44. The Kier molecular flexibility index (Phi) is 4.16. The number of carbonyl (C=O) groups is 1. The summed E-state index contributed by atoms with van der Waals surface area (Å²) in [6, 6.07) is 9.08. The minimum Gasteiger partial charge on any atom is -0.497 e. The predicted octanol–water partition coefficient (Wildman–Crippen LogP) is 3.13. The number of nitrogens with zero attached hydrogens (tertiary/aromatic N) is 2. The molecule has 1 amide bonds. The number of methoxy groups -OCH3 is 1. The van der Waals surface area contributed by atoms with Gasteiger partial charge in [0, 0.05) is 35.7 Å². The van der Waals surface area contributed by atoms with Crippen molar-refractivity contribution in [1.29, 1.82) is 0 Å². The van der Waals surface area contributed by atoms with E-state index in [-0.39, 0.29) is 5.91 Å². The van der Waals surface area contributed by atoms with Gasteiger partial charge in [0.05, 0.1) is 12.7 Å². The molecule has 4 nitrogen and oxygen atoms in total. The van der Waals surface area contributed by atoms with E-state index in [1.807, 2.05) is 24.3 Å². The Bertz CT molecular complexity index is 602. The number of halogens is 1. The molecule has 2 aromatic rings. The molecule has 98 valence electrons. The molecule has 1 aromatic heterocycles.